The normalized spacial score (nSPS) is 10.1. The van der Waals surface area contributed by atoms with Gasteiger partial charge >= 0.3 is 0 Å². The van der Waals surface area contributed by atoms with Crippen LogP contribution in [0.15, 0.2) is 30.3 Å². The summed E-state index contributed by atoms with van der Waals surface area (Å²) in [6, 6.07) is 9.77. The molecule has 1 aromatic heterocycles. The summed E-state index contributed by atoms with van der Waals surface area (Å²) in [5, 5.41) is 0. The zero-order valence-corrected chi connectivity index (χ0v) is 11.5. The molecule has 0 unspecified atom stereocenters. The van der Waals surface area contributed by atoms with Crippen LogP contribution in [0.2, 0.25) is 0 Å². The lowest BCUT2D eigenvalue weighted by Gasteiger charge is -2.18. The fourth-order valence-corrected chi connectivity index (χ4v) is 1.64. The maximum absolute atomic E-state index is 5.14. The highest BCUT2D eigenvalue weighted by Gasteiger charge is 2.11. The second-order valence-corrected chi connectivity index (χ2v) is 4.15. The first kappa shape index (κ1) is 13.1. The van der Waals surface area contributed by atoms with Gasteiger partial charge in [-0.25, -0.2) is 0 Å². The average Bonchev–Trinajstić information content (AvgIpc) is 2.46. The number of anilines is 2. The van der Waals surface area contributed by atoms with Gasteiger partial charge in [0.15, 0.2) is 0 Å². The molecule has 0 spiro atoms. The number of nitrogens with zero attached hydrogens (tertiary/aromatic N) is 3. The van der Waals surface area contributed by atoms with Gasteiger partial charge in [-0.3, -0.25) is 0 Å². The highest BCUT2D eigenvalue weighted by molar-refractivity contribution is 5.57. The lowest BCUT2D eigenvalue weighted by molar-refractivity contribution is 0.372. The molecule has 19 heavy (non-hydrogen) atoms. The maximum atomic E-state index is 5.14. The van der Waals surface area contributed by atoms with Crippen LogP contribution in [0.5, 0.6) is 11.8 Å². The number of ether oxygens (including phenoxy) is 2. The van der Waals surface area contributed by atoms with Gasteiger partial charge in [-0.05, 0) is 19.1 Å². The van der Waals surface area contributed by atoms with Gasteiger partial charge in [-0.2, -0.15) is 9.97 Å². The van der Waals surface area contributed by atoms with Crippen molar-refractivity contribution in [2.24, 2.45) is 0 Å². The number of rotatable bonds is 4. The third-order valence-electron chi connectivity index (χ3n) is 2.81. The first-order chi connectivity index (χ1) is 9.13. The summed E-state index contributed by atoms with van der Waals surface area (Å²) in [7, 11) is 5.04. The second kappa shape index (κ2) is 5.56. The van der Waals surface area contributed by atoms with Gasteiger partial charge in [-0.15, -0.1) is 0 Å². The van der Waals surface area contributed by atoms with E-state index in [1.54, 1.807) is 20.3 Å². The molecule has 100 valence electrons. The predicted molar refractivity (Wildman–Crippen MR) is 74.4 cm³/mol. The minimum absolute atomic E-state index is 0.473. The number of benzene rings is 1. The second-order valence-electron chi connectivity index (χ2n) is 4.15. The summed E-state index contributed by atoms with van der Waals surface area (Å²) in [6.45, 7) is 2.05. The van der Waals surface area contributed by atoms with E-state index >= 15 is 0 Å². The van der Waals surface area contributed by atoms with Gasteiger partial charge in [0.2, 0.25) is 17.7 Å². The van der Waals surface area contributed by atoms with E-state index in [1.165, 1.54) is 5.56 Å². The fraction of sp³-hybridized carbons (Fsp3) is 0.286. The molecular formula is C14H17N3O2. The summed E-state index contributed by atoms with van der Waals surface area (Å²) in [5.41, 5.74) is 2.21. The Hall–Kier alpha value is -2.30. The maximum Gasteiger partial charge on any atom is 0.236 e. The molecule has 2 aromatic rings. The standard InChI is InChI=1S/C14H17N3O2/c1-10-5-7-11(8-6-10)17(2)14-15-12(18-3)9-13(16-14)19-4/h5-9H,1-4H3. The first-order valence-corrected chi connectivity index (χ1v) is 5.91. The first-order valence-electron chi connectivity index (χ1n) is 5.91. The van der Waals surface area contributed by atoms with Gasteiger partial charge in [0.1, 0.15) is 0 Å². The fourth-order valence-electron chi connectivity index (χ4n) is 1.64. The van der Waals surface area contributed by atoms with E-state index in [9.17, 15) is 0 Å². The van der Waals surface area contributed by atoms with Crippen molar-refractivity contribution in [2.75, 3.05) is 26.2 Å². The molecule has 1 heterocycles. The predicted octanol–water partition coefficient (Wildman–Crippen LogP) is 2.57. The smallest absolute Gasteiger partial charge is 0.236 e. The van der Waals surface area contributed by atoms with E-state index in [1.807, 2.05) is 36.2 Å². The van der Waals surface area contributed by atoms with Crippen molar-refractivity contribution in [3.63, 3.8) is 0 Å². The van der Waals surface area contributed by atoms with Crippen LogP contribution in [0, 0.1) is 6.92 Å². The monoisotopic (exact) mass is 259 g/mol. The summed E-state index contributed by atoms with van der Waals surface area (Å²) in [5.74, 6) is 1.47. The van der Waals surface area contributed by atoms with Crippen molar-refractivity contribution in [3.05, 3.63) is 35.9 Å². The minimum atomic E-state index is 0.473. The number of hydrogen-bond acceptors (Lipinski definition) is 5. The molecule has 0 saturated carbocycles. The Morgan fingerprint density at radius 1 is 0.947 bits per heavy atom. The molecule has 0 bridgehead atoms. The third-order valence-corrected chi connectivity index (χ3v) is 2.81. The van der Waals surface area contributed by atoms with Gasteiger partial charge in [0.25, 0.3) is 0 Å². The van der Waals surface area contributed by atoms with Crippen LogP contribution in [0.3, 0.4) is 0 Å². The Morgan fingerprint density at radius 3 is 1.95 bits per heavy atom. The van der Waals surface area contributed by atoms with Gasteiger partial charge in [0.05, 0.1) is 20.3 Å². The minimum Gasteiger partial charge on any atom is -0.481 e. The molecule has 5 heteroatoms. The number of methoxy groups -OCH3 is 2. The van der Waals surface area contributed by atoms with Gasteiger partial charge < -0.3 is 14.4 Å². The molecule has 0 aliphatic rings. The Morgan fingerprint density at radius 2 is 1.47 bits per heavy atom. The Balaban J connectivity index is 2.37. The van der Waals surface area contributed by atoms with E-state index in [0.29, 0.717) is 17.7 Å². The van der Waals surface area contributed by atoms with E-state index in [0.717, 1.165) is 5.69 Å². The molecule has 0 amide bonds. The molecule has 2 rings (SSSR count). The molecule has 1 aromatic carbocycles. The molecule has 0 saturated heterocycles. The van der Waals surface area contributed by atoms with E-state index in [-0.39, 0.29) is 0 Å². The van der Waals surface area contributed by atoms with Crippen molar-refractivity contribution in [1.29, 1.82) is 0 Å². The highest BCUT2D eigenvalue weighted by Crippen LogP contribution is 2.25. The zero-order chi connectivity index (χ0) is 13.8. The van der Waals surface area contributed by atoms with E-state index in [2.05, 4.69) is 16.9 Å². The molecule has 5 nitrogen and oxygen atoms in total. The lowest BCUT2D eigenvalue weighted by Crippen LogP contribution is -2.13. The van der Waals surface area contributed by atoms with Crippen molar-refractivity contribution < 1.29 is 9.47 Å². The third kappa shape index (κ3) is 2.93. The van der Waals surface area contributed by atoms with Crippen molar-refractivity contribution >= 4 is 11.6 Å². The molecule has 0 aliphatic heterocycles. The summed E-state index contributed by atoms with van der Waals surface area (Å²) in [4.78, 5) is 10.5. The zero-order valence-electron chi connectivity index (χ0n) is 11.5. The largest absolute Gasteiger partial charge is 0.481 e. The summed E-state index contributed by atoms with van der Waals surface area (Å²) < 4.78 is 10.3. The Bertz CT molecular complexity index is 533. The van der Waals surface area contributed by atoms with Crippen LogP contribution < -0.4 is 14.4 Å². The number of hydrogen-bond donors (Lipinski definition) is 0. The summed E-state index contributed by atoms with van der Waals surface area (Å²) in [6.07, 6.45) is 0. The lowest BCUT2D eigenvalue weighted by atomic mass is 10.2. The average molecular weight is 259 g/mol. The van der Waals surface area contributed by atoms with Crippen LogP contribution in [0.4, 0.5) is 11.6 Å². The topological polar surface area (TPSA) is 47.5 Å². The van der Waals surface area contributed by atoms with Crippen molar-refractivity contribution in [3.8, 4) is 11.8 Å². The number of aryl methyl sites for hydroxylation is 1. The van der Waals surface area contributed by atoms with Crippen LogP contribution in [0.25, 0.3) is 0 Å². The highest BCUT2D eigenvalue weighted by atomic mass is 16.5. The van der Waals surface area contributed by atoms with Crippen LogP contribution in [-0.4, -0.2) is 31.2 Å². The molecule has 0 aliphatic carbocycles. The van der Waals surface area contributed by atoms with Gasteiger partial charge in [0, 0.05) is 12.7 Å². The van der Waals surface area contributed by atoms with Crippen LogP contribution in [0.1, 0.15) is 5.56 Å². The number of aromatic nitrogens is 2. The van der Waals surface area contributed by atoms with Crippen LogP contribution in [-0.2, 0) is 0 Å². The molecule has 0 radical (unpaired) electrons. The van der Waals surface area contributed by atoms with Crippen molar-refractivity contribution in [2.45, 2.75) is 6.92 Å². The Labute approximate surface area is 112 Å². The SMILES string of the molecule is COc1cc(OC)nc(N(C)c2ccc(C)cc2)n1. The van der Waals surface area contributed by atoms with Crippen molar-refractivity contribution in [1.82, 2.24) is 9.97 Å². The Kier molecular flexibility index (Phi) is 3.85. The van der Waals surface area contributed by atoms with Gasteiger partial charge in [-0.1, -0.05) is 17.7 Å². The molecule has 0 atom stereocenters. The van der Waals surface area contributed by atoms with E-state index in [4.69, 9.17) is 9.47 Å². The summed E-state index contributed by atoms with van der Waals surface area (Å²) >= 11 is 0. The van der Waals surface area contributed by atoms with Crippen LogP contribution >= 0.6 is 0 Å². The molecule has 0 fully saturated rings. The molecular weight excluding hydrogens is 242 g/mol. The molecule has 0 N–H and O–H groups in total. The quantitative estimate of drug-likeness (QED) is 0.844. The van der Waals surface area contributed by atoms with E-state index < -0.39 is 0 Å².